The number of pyridine rings is 1. The topological polar surface area (TPSA) is 80.5 Å². The molecule has 0 aliphatic rings. The lowest BCUT2D eigenvalue weighted by atomic mass is 10.2. The Bertz CT molecular complexity index is 378. The first-order chi connectivity index (χ1) is 8.58. The summed E-state index contributed by atoms with van der Waals surface area (Å²) in [7, 11) is 5.03. The van der Waals surface area contributed by atoms with Gasteiger partial charge in [0, 0.05) is 33.9 Å². The molecule has 1 aromatic rings. The number of nitrogens with one attached hydrogen (secondary N) is 1. The number of hydrogen-bond donors (Lipinski definition) is 2. The van der Waals surface area contributed by atoms with E-state index in [4.69, 9.17) is 10.5 Å². The second-order valence-electron chi connectivity index (χ2n) is 4.16. The Labute approximate surface area is 107 Å². The zero-order chi connectivity index (χ0) is 13.5. The molecule has 1 atom stereocenters. The van der Waals surface area contributed by atoms with E-state index >= 15 is 0 Å². The molecule has 3 N–H and O–H groups in total. The highest BCUT2D eigenvalue weighted by molar-refractivity contribution is 5.93. The number of amides is 1. The predicted octanol–water partition coefficient (Wildman–Crippen LogP) is 0.169. The number of carbonyl (C=O) groups is 1. The molecule has 6 heteroatoms. The third-order valence-corrected chi connectivity index (χ3v) is 2.42. The summed E-state index contributed by atoms with van der Waals surface area (Å²) in [5.74, 6) is 0.610. The molecule has 0 spiro atoms. The number of nitrogens with two attached hydrogens (primary N) is 1. The SMILES string of the molecule is COCC(CN)Nc1ccc(C(=O)N(C)C)cn1. The van der Waals surface area contributed by atoms with Crippen LogP contribution in [0.15, 0.2) is 18.3 Å². The van der Waals surface area contributed by atoms with Gasteiger partial charge in [0.2, 0.25) is 0 Å². The smallest absolute Gasteiger partial charge is 0.254 e. The van der Waals surface area contributed by atoms with Crippen molar-refractivity contribution in [3.8, 4) is 0 Å². The van der Waals surface area contributed by atoms with Crippen LogP contribution in [0.3, 0.4) is 0 Å². The van der Waals surface area contributed by atoms with Crippen molar-refractivity contribution in [2.24, 2.45) is 5.73 Å². The van der Waals surface area contributed by atoms with Gasteiger partial charge in [0.1, 0.15) is 5.82 Å². The molecule has 0 aliphatic carbocycles. The van der Waals surface area contributed by atoms with Gasteiger partial charge >= 0.3 is 0 Å². The molecule has 0 saturated carbocycles. The lowest BCUT2D eigenvalue weighted by molar-refractivity contribution is 0.0827. The Hall–Kier alpha value is -1.66. The molecule has 0 bridgehead atoms. The van der Waals surface area contributed by atoms with Crippen LogP contribution in [-0.2, 0) is 4.74 Å². The fourth-order valence-electron chi connectivity index (χ4n) is 1.44. The summed E-state index contributed by atoms with van der Waals surface area (Å²) >= 11 is 0. The average Bonchev–Trinajstić information content (AvgIpc) is 2.38. The van der Waals surface area contributed by atoms with Gasteiger partial charge in [-0.25, -0.2) is 4.98 Å². The summed E-state index contributed by atoms with van der Waals surface area (Å²) in [6.07, 6.45) is 1.55. The molecule has 1 unspecified atom stereocenters. The third-order valence-electron chi connectivity index (χ3n) is 2.42. The van der Waals surface area contributed by atoms with Crippen molar-refractivity contribution in [2.75, 3.05) is 39.7 Å². The molecule has 0 aromatic carbocycles. The van der Waals surface area contributed by atoms with Gasteiger partial charge in [-0.05, 0) is 12.1 Å². The van der Waals surface area contributed by atoms with Crippen molar-refractivity contribution in [1.82, 2.24) is 9.88 Å². The van der Waals surface area contributed by atoms with Crippen LogP contribution in [0.2, 0.25) is 0 Å². The van der Waals surface area contributed by atoms with E-state index in [-0.39, 0.29) is 11.9 Å². The fourth-order valence-corrected chi connectivity index (χ4v) is 1.44. The summed E-state index contributed by atoms with van der Waals surface area (Å²) in [6, 6.07) is 3.51. The minimum absolute atomic E-state index is 0.0119. The van der Waals surface area contributed by atoms with E-state index in [2.05, 4.69) is 10.3 Å². The highest BCUT2D eigenvalue weighted by Gasteiger charge is 2.10. The number of anilines is 1. The van der Waals surface area contributed by atoms with E-state index in [9.17, 15) is 4.79 Å². The summed E-state index contributed by atoms with van der Waals surface area (Å²) in [5, 5.41) is 3.14. The minimum Gasteiger partial charge on any atom is -0.383 e. The van der Waals surface area contributed by atoms with Gasteiger partial charge in [-0.15, -0.1) is 0 Å². The lowest BCUT2D eigenvalue weighted by Gasteiger charge is -2.16. The molecule has 0 fully saturated rings. The molecular formula is C12H20N4O2. The maximum atomic E-state index is 11.7. The Balaban J connectivity index is 2.68. The van der Waals surface area contributed by atoms with Crippen molar-refractivity contribution in [1.29, 1.82) is 0 Å². The quantitative estimate of drug-likeness (QED) is 0.754. The second kappa shape index (κ2) is 6.93. The minimum atomic E-state index is -0.0682. The predicted molar refractivity (Wildman–Crippen MR) is 70.6 cm³/mol. The van der Waals surface area contributed by atoms with Crippen LogP contribution >= 0.6 is 0 Å². The summed E-state index contributed by atoms with van der Waals surface area (Å²) in [4.78, 5) is 17.4. The first kappa shape index (κ1) is 14.4. The molecule has 1 amide bonds. The monoisotopic (exact) mass is 252 g/mol. The van der Waals surface area contributed by atoms with Gasteiger partial charge in [-0.1, -0.05) is 0 Å². The van der Waals surface area contributed by atoms with Crippen molar-refractivity contribution in [3.05, 3.63) is 23.9 Å². The molecule has 1 rings (SSSR count). The van der Waals surface area contributed by atoms with Gasteiger partial charge in [0.25, 0.3) is 5.91 Å². The van der Waals surface area contributed by atoms with Crippen molar-refractivity contribution in [3.63, 3.8) is 0 Å². The normalized spacial score (nSPS) is 12.0. The van der Waals surface area contributed by atoms with Crippen molar-refractivity contribution >= 4 is 11.7 Å². The summed E-state index contributed by atoms with van der Waals surface area (Å²) in [6.45, 7) is 0.963. The molecule has 6 nitrogen and oxygen atoms in total. The summed E-state index contributed by atoms with van der Waals surface area (Å²) in [5.41, 5.74) is 6.15. The van der Waals surface area contributed by atoms with Gasteiger partial charge in [-0.3, -0.25) is 4.79 Å². The van der Waals surface area contributed by atoms with Gasteiger partial charge in [0.05, 0.1) is 18.2 Å². The van der Waals surface area contributed by atoms with E-state index in [1.807, 2.05) is 0 Å². The average molecular weight is 252 g/mol. The van der Waals surface area contributed by atoms with Crippen LogP contribution in [-0.4, -0.2) is 56.2 Å². The zero-order valence-electron chi connectivity index (χ0n) is 11.0. The molecular weight excluding hydrogens is 232 g/mol. The number of ether oxygens (including phenoxy) is 1. The molecule has 1 aromatic heterocycles. The first-order valence-corrected chi connectivity index (χ1v) is 5.71. The maximum absolute atomic E-state index is 11.7. The number of carbonyl (C=O) groups excluding carboxylic acids is 1. The van der Waals surface area contributed by atoms with Gasteiger partial charge in [-0.2, -0.15) is 0 Å². The number of aromatic nitrogens is 1. The maximum Gasteiger partial charge on any atom is 0.254 e. The van der Waals surface area contributed by atoms with Crippen LogP contribution in [0.4, 0.5) is 5.82 Å². The number of nitrogens with zero attached hydrogens (tertiary/aromatic N) is 2. The zero-order valence-corrected chi connectivity index (χ0v) is 11.0. The molecule has 0 saturated heterocycles. The Morgan fingerprint density at radius 2 is 2.28 bits per heavy atom. The largest absolute Gasteiger partial charge is 0.383 e. The second-order valence-corrected chi connectivity index (χ2v) is 4.16. The molecule has 18 heavy (non-hydrogen) atoms. The lowest BCUT2D eigenvalue weighted by Crippen LogP contribution is -2.33. The van der Waals surface area contributed by atoms with Crippen LogP contribution in [0.5, 0.6) is 0 Å². The van der Waals surface area contributed by atoms with E-state index in [0.717, 1.165) is 0 Å². The highest BCUT2D eigenvalue weighted by Crippen LogP contribution is 2.08. The summed E-state index contributed by atoms with van der Waals surface area (Å²) < 4.78 is 5.03. The van der Waals surface area contributed by atoms with Crippen LogP contribution in [0.1, 0.15) is 10.4 Å². The Kier molecular flexibility index (Phi) is 5.54. The van der Waals surface area contributed by atoms with Crippen molar-refractivity contribution < 1.29 is 9.53 Å². The highest BCUT2D eigenvalue weighted by atomic mass is 16.5. The Morgan fingerprint density at radius 3 is 2.72 bits per heavy atom. The van der Waals surface area contributed by atoms with Gasteiger partial charge < -0.3 is 20.7 Å². The van der Waals surface area contributed by atoms with E-state index in [1.165, 1.54) is 4.90 Å². The van der Waals surface area contributed by atoms with E-state index < -0.39 is 0 Å². The van der Waals surface area contributed by atoms with Gasteiger partial charge in [0.15, 0.2) is 0 Å². The molecule has 100 valence electrons. The molecule has 1 heterocycles. The van der Waals surface area contributed by atoms with E-state index in [0.29, 0.717) is 24.5 Å². The third kappa shape index (κ3) is 3.97. The first-order valence-electron chi connectivity index (χ1n) is 5.71. The van der Waals surface area contributed by atoms with Crippen LogP contribution in [0.25, 0.3) is 0 Å². The van der Waals surface area contributed by atoms with Crippen LogP contribution in [0, 0.1) is 0 Å². The number of rotatable bonds is 6. The molecule has 0 aliphatic heterocycles. The fraction of sp³-hybridized carbons (Fsp3) is 0.500. The number of hydrogen-bond acceptors (Lipinski definition) is 5. The van der Waals surface area contributed by atoms with E-state index in [1.54, 1.807) is 39.5 Å². The Morgan fingerprint density at radius 1 is 1.56 bits per heavy atom. The van der Waals surface area contributed by atoms with Crippen molar-refractivity contribution in [2.45, 2.75) is 6.04 Å². The molecule has 0 radical (unpaired) electrons. The standard InChI is InChI=1S/C12H20N4O2/c1-16(2)12(17)9-4-5-11(14-7-9)15-10(6-13)8-18-3/h4-5,7,10H,6,8,13H2,1-3H3,(H,14,15). The van der Waals surface area contributed by atoms with Crippen LogP contribution < -0.4 is 11.1 Å². The number of methoxy groups -OCH3 is 1.